The first kappa shape index (κ1) is 17.2. The second-order valence-electron chi connectivity index (χ2n) is 5.39. The molecule has 4 nitrogen and oxygen atoms in total. The van der Waals surface area contributed by atoms with Gasteiger partial charge in [-0.05, 0) is 103 Å². The molecule has 120 valence electrons. The molecule has 0 aliphatic carbocycles. The summed E-state index contributed by atoms with van der Waals surface area (Å²) in [5.74, 6) is 0.808. The van der Waals surface area contributed by atoms with E-state index in [0.717, 1.165) is 54.4 Å². The van der Waals surface area contributed by atoms with Crippen molar-refractivity contribution in [1.82, 2.24) is 14.9 Å². The van der Waals surface area contributed by atoms with Crippen LogP contribution in [0.1, 0.15) is 19.3 Å². The van der Waals surface area contributed by atoms with Gasteiger partial charge in [-0.25, -0.2) is 4.98 Å². The molecule has 2 N–H and O–H groups in total. The highest BCUT2D eigenvalue weighted by Gasteiger charge is 2.17. The molecule has 0 spiro atoms. The average Bonchev–Trinajstić information content (AvgIpc) is 3.17. The van der Waals surface area contributed by atoms with E-state index in [2.05, 4.69) is 83.9 Å². The fourth-order valence-corrected chi connectivity index (χ4v) is 4.98. The van der Waals surface area contributed by atoms with E-state index in [1.165, 1.54) is 25.9 Å². The van der Waals surface area contributed by atoms with Crippen molar-refractivity contribution in [1.29, 1.82) is 0 Å². The van der Waals surface area contributed by atoms with E-state index >= 15 is 0 Å². The maximum Gasteiger partial charge on any atom is 0.201 e. The third kappa shape index (κ3) is 3.55. The first-order chi connectivity index (χ1) is 10.6. The van der Waals surface area contributed by atoms with Crippen molar-refractivity contribution < 1.29 is 0 Å². The number of imidazole rings is 1. The van der Waals surface area contributed by atoms with Crippen LogP contribution >= 0.6 is 63.7 Å². The normalized spacial score (nSPS) is 15.8. The van der Waals surface area contributed by atoms with Crippen molar-refractivity contribution in [3.63, 3.8) is 0 Å². The fraction of sp³-hybridized carbons (Fsp3) is 0.500. The largest absolute Gasteiger partial charge is 0.356 e. The lowest BCUT2D eigenvalue weighted by Gasteiger charge is -2.13. The van der Waals surface area contributed by atoms with Crippen LogP contribution in [-0.2, 0) is 0 Å². The zero-order valence-electron chi connectivity index (χ0n) is 11.9. The Morgan fingerprint density at radius 2 is 1.68 bits per heavy atom. The number of halogens is 4. The maximum atomic E-state index is 4.64. The zero-order chi connectivity index (χ0) is 15.7. The second-order valence-corrected chi connectivity index (χ2v) is 8.57. The van der Waals surface area contributed by atoms with Crippen LogP contribution < -0.4 is 5.32 Å². The smallest absolute Gasteiger partial charge is 0.201 e. The Bertz CT molecular complexity index is 634. The van der Waals surface area contributed by atoms with Crippen molar-refractivity contribution in [3.05, 3.63) is 17.9 Å². The van der Waals surface area contributed by atoms with Gasteiger partial charge in [0.1, 0.15) is 5.52 Å². The molecule has 1 aliphatic rings. The minimum atomic E-state index is 0.808. The molecule has 8 heteroatoms. The molecule has 0 unspecified atom stereocenters. The van der Waals surface area contributed by atoms with E-state index in [-0.39, 0.29) is 0 Å². The summed E-state index contributed by atoms with van der Waals surface area (Å²) in [6.07, 6.45) is 3.83. The van der Waals surface area contributed by atoms with Crippen molar-refractivity contribution in [2.24, 2.45) is 0 Å². The highest BCUT2D eigenvalue weighted by atomic mass is 79.9. The highest BCUT2D eigenvalue weighted by molar-refractivity contribution is 9.15. The van der Waals surface area contributed by atoms with Gasteiger partial charge in [0.05, 0.1) is 14.5 Å². The number of H-pyrrole nitrogens is 1. The molecule has 2 heterocycles. The lowest BCUT2D eigenvalue weighted by Crippen LogP contribution is -2.22. The van der Waals surface area contributed by atoms with Gasteiger partial charge in [-0.1, -0.05) is 0 Å². The van der Waals surface area contributed by atoms with E-state index < -0.39 is 0 Å². The molecule has 1 fully saturated rings. The summed E-state index contributed by atoms with van der Waals surface area (Å²) in [6.45, 7) is 4.60. The monoisotopic (exact) mass is 556 g/mol. The summed E-state index contributed by atoms with van der Waals surface area (Å²) < 4.78 is 3.84. The van der Waals surface area contributed by atoms with Gasteiger partial charge < -0.3 is 15.2 Å². The van der Waals surface area contributed by atoms with Gasteiger partial charge in [-0.2, -0.15) is 0 Å². The molecule has 0 amide bonds. The third-order valence-corrected chi connectivity index (χ3v) is 8.60. The molecule has 1 saturated heterocycles. The van der Waals surface area contributed by atoms with E-state index in [0.29, 0.717) is 0 Å². The number of nitrogens with zero attached hydrogens (tertiary/aromatic N) is 2. The van der Waals surface area contributed by atoms with Crippen LogP contribution in [0.2, 0.25) is 0 Å². The van der Waals surface area contributed by atoms with Crippen LogP contribution in [0.25, 0.3) is 11.0 Å². The number of hydrogen-bond acceptors (Lipinski definition) is 3. The van der Waals surface area contributed by atoms with Gasteiger partial charge in [-0.15, -0.1) is 0 Å². The van der Waals surface area contributed by atoms with Gasteiger partial charge in [0.15, 0.2) is 0 Å². The summed E-state index contributed by atoms with van der Waals surface area (Å²) >= 11 is 14.3. The van der Waals surface area contributed by atoms with Crippen molar-refractivity contribution in [3.8, 4) is 0 Å². The number of aromatic nitrogens is 2. The lowest BCUT2D eigenvalue weighted by molar-refractivity contribution is 0.337. The molecule has 0 radical (unpaired) electrons. The first-order valence-corrected chi connectivity index (χ1v) is 10.4. The number of likely N-dealkylation sites (tertiary alicyclic amines) is 1. The first-order valence-electron chi connectivity index (χ1n) is 7.26. The van der Waals surface area contributed by atoms with Gasteiger partial charge in [-0.3, -0.25) is 0 Å². The average molecular weight is 560 g/mol. The minimum Gasteiger partial charge on any atom is -0.356 e. The van der Waals surface area contributed by atoms with Crippen LogP contribution in [0.3, 0.4) is 0 Å². The van der Waals surface area contributed by atoms with E-state index in [1.807, 2.05) is 0 Å². The molecule has 1 aromatic carbocycles. The van der Waals surface area contributed by atoms with Crippen LogP contribution in [0.4, 0.5) is 5.95 Å². The Morgan fingerprint density at radius 3 is 2.41 bits per heavy atom. The van der Waals surface area contributed by atoms with Crippen LogP contribution in [-0.4, -0.2) is 41.0 Å². The Morgan fingerprint density at radius 1 is 1.00 bits per heavy atom. The Kier molecular flexibility index (Phi) is 5.87. The zero-order valence-corrected chi connectivity index (χ0v) is 18.2. The molecule has 3 rings (SSSR count). The molecule has 0 bridgehead atoms. The number of anilines is 1. The van der Waals surface area contributed by atoms with Crippen molar-refractivity contribution in [2.75, 3.05) is 31.5 Å². The van der Waals surface area contributed by atoms with Gasteiger partial charge in [0.25, 0.3) is 0 Å². The van der Waals surface area contributed by atoms with Gasteiger partial charge in [0, 0.05) is 15.5 Å². The second kappa shape index (κ2) is 7.51. The quantitative estimate of drug-likeness (QED) is 0.288. The number of nitrogens with one attached hydrogen (secondary N) is 2. The Balaban J connectivity index is 1.67. The molecular weight excluding hydrogens is 544 g/mol. The molecule has 2 aromatic rings. The van der Waals surface area contributed by atoms with Gasteiger partial charge >= 0.3 is 0 Å². The van der Waals surface area contributed by atoms with Crippen molar-refractivity contribution >= 4 is 80.7 Å². The summed E-state index contributed by atoms with van der Waals surface area (Å²) in [4.78, 5) is 10.5. The van der Waals surface area contributed by atoms with Gasteiger partial charge in [0.2, 0.25) is 5.95 Å². The summed E-state index contributed by atoms with van der Waals surface area (Å²) in [5.41, 5.74) is 1.88. The third-order valence-electron chi connectivity index (χ3n) is 3.85. The summed E-state index contributed by atoms with van der Waals surface area (Å²) in [7, 11) is 0. The molecule has 1 aliphatic heterocycles. The van der Waals surface area contributed by atoms with Crippen molar-refractivity contribution in [2.45, 2.75) is 19.3 Å². The van der Waals surface area contributed by atoms with Crippen LogP contribution in [0.15, 0.2) is 17.9 Å². The Labute approximate surface area is 163 Å². The molecule has 0 saturated carbocycles. The molecule has 1 aromatic heterocycles. The van der Waals surface area contributed by atoms with E-state index in [1.54, 1.807) is 0 Å². The minimum absolute atomic E-state index is 0.808. The number of rotatable bonds is 5. The van der Waals surface area contributed by atoms with Crippen LogP contribution in [0.5, 0.6) is 0 Å². The number of hydrogen-bond donors (Lipinski definition) is 2. The highest BCUT2D eigenvalue weighted by Crippen LogP contribution is 2.42. The number of fused-ring (bicyclic) bond motifs is 1. The predicted molar refractivity (Wildman–Crippen MR) is 106 cm³/mol. The SMILES string of the molecule is Brc1c(Br)c(Br)c2[nH]c(NCCCN3CCCC3)nc2c1Br. The summed E-state index contributed by atoms with van der Waals surface area (Å²) in [5, 5.41) is 3.39. The summed E-state index contributed by atoms with van der Waals surface area (Å²) in [6, 6.07) is 0. The number of benzene rings is 1. The predicted octanol–water partition coefficient (Wildman–Crippen LogP) is 5.51. The van der Waals surface area contributed by atoms with E-state index in [4.69, 9.17) is 0 Å². The molecule has 0 atom stereocenters. The number of aromatic amines is 1. The Hall–Kier alpha value is 0.370. The lowest BCUT2D eigenvalue weighted by atomic mass is 10.3. The van der Waals surface area contributed by atoms with Crippen LogP contribution in [0, 0.1) is 0 Å². The standard InChI is InChI=1S/C14H16Br4N4/c15-8-9(16)11(18)13-12(10(8)17)20-14(21-13)19-4-3-7-22-5-1-2-6-22/h1-7H2,(H2,19,20,21). The maximum absolute atomic E-state index is 4.64. The fourth-order valence-electron chi connectivity index (χ4n) is 2.70. The molecular formula is C14H16Br4N4. The van der Waals surface area contributed by atoms with E-state index in [9.17, 15) is 0 Å². The topological polar surface area (TPSA) is 44.0 Å². The molecule has 22 heavy (non-hydrogen) atoms.